The average Bonchev–Trinajstić information content (AvgIpc) is 2.19. The summed E-state index contributed by atoms with van der Waals surface area (Å²) in [6.07, 6.45) is 0.707. The van der Waals surface area contributed by atoms with Gasteiger partial charge in [0.15, 0.2) is 0 Å². The maximum absolute atomic E-state index is 11.6. The Morgan fingerprint density at radius 3 is 2.75 bits per heavy atom. The smallest absolute Gasteiger partial charge is 0.339 e. The van der Waals surface area contributed by atoms with Crippen molar-refractivity contribution < 1.29 is 9.52 Å². The number of benzene rings is 1. The van der Waals surface area contributed by atoms with Gasteiger partial charge in [0.1, 0.15) is 11.3 Å². The van der Waals surface area contributed by atoms with E-state index in [9.17, 15) is 9.90 Å². The molecular formula is C13H14O3. The standard InChI is InChI=1S/C13H14O3/c1-8(2)5-10-6-9-3-4-11(14)7-12(9)16-13(10)15/h3-4,6-8,14H,5H2,1-2H3. The van der Waals surface area contributed by atoms with Crippen molar-refractivity contribution in [3.05, 3.63) is 40.2 Å². The van der Waals surface area contributed by atoms with Gasteiger partial charge in [-0.25, -0.2) is 4.79 Å². The topological polar surface area (TPSA) is 50.4 Å². The van der Waals surface area contributed by atoms with Crippen LogP contribution in [-0.4, -0.2) is 5.11 Å². The number of phenols is 1. The number of phenolic OH excluding ortho intramolecular Hbond substituents is 1. The van der Waals surface area contributed by atoms with Crippen LogP contribution in [0.5, 0.6) is 5.75 Å². The molecule has 16 heavy (non-hydrogen) atoms. The summed E-state index contributed by atoms with van der Waals surface area (Å²) in [5.41, 5.74) is 0.803. The van der Waals surface area contributed by atoms with Crippen molar-refractivity contribution in [1.29, 1.82) is 0 Å². The zero-order valence-corrected chi connectivity index (χ0v) is 9.36. The van der Waals surface area contributed by atoms with Crippen LogP contribution in [0.2, 0.25) is 0 Å². The molecule has 0 spiro atoms. The number of hydrogen-bond donors (Lipinski definition) is 1. The van der Waals surface area contributed by atoms with E-state index in [0.717, 1.165) is 5.39 Å². The quantitative estimate of drug-likeness (QED) is 0.788. The van der Waals surface area contributed by atoms with Gasteiger partial charge in [0.05, 0.1) is 0 Å². The third kappa shape index (κ3) is 2.08. The first-order chi connectivity index (χ1) is 7.56. The van der Waals surface area contributed by atoms with E-state index in [4.69, 9.17) is 4.42 Å². The summed E-state index contributed by atoms with van der Waals surface area (Å²) in [5, 5.41) is 10.1. The number of aromatic hydroxyl groups is 1. The fourth-order valence-corrected chi connectivity index (χ4v) is 1.72. The predicted octanol–water partition coefficient (Wildman–Crippen LogP) is 2.70. The Kier molecular flexibility index (Phi) is 2.69. The lowest BCUT2D eigenvalue weighted by atomic mass is 10.0. The normalized spacial score (nSPS) is 11.2. The van der Waals surface area contributed by atoms with Gasteiger partial charge < -0.3 is 9.52 Å². The molecule has 2 aromatic rings. The monoisotopic (exact) mass is 218 g/mol. The summed E-state index contributed by atoms with van der Waals surface area (Å²) >= 11 is 0. The maximum Gasteiger partial charge on any atom is 0.339 e. The van der Waals surface area contributed by atoms with Crippen LogP contribution in [0, 0.1) is 5.92 Å². The highest BCUT2D eigenvalue weighted by molar-refractivity contribution is 5.78. The second-order valence-electron chi connectivity index (χ2n) is 4.38. The molecular weight excluding hydrogens is 204 g/mol. The highest BCUT2D eigenvalue weighted by Crippen LogP contribution is 2.19. The van der Waals surface area contributed by atoms with Crippen molar-refractivity contribution in [1.82, 2.24) is 0 Å². The van der Waals surface area contributed by atoms with Gasteiger partial charge in [-0.1, -0.05) is 13.8 Å². The Labute approximate surface area is 93.3 Å². The Bertz CT molecular complexity index is 567. The van der Waals surface area contributed by atoms with Crippen LogP contribution < -0.4 is 5.63 Å². The zero-order valence-electron chi connectivity index (χ0n) is 9.36. The first-order valence-electron chi connectivity index (χ1n) is 5.32. The lowest BCUT2D eigenvalue weighted by molar-refractivity contribution is 0.472. The van der Waals surface area contributed by atoms with Gasteiger partial charge in [-0.05, 0) is 30.5 Å². The van der Waals surface area contributed by atoms with Gasteiger partial charge in [0.2, 0.25) is 0 Å². The summed E-state index contributed by atoms with van der Waals surface area (Å²) in [7, 11) is 0. The number of hydrogen-bond acceptors (Lipinski definition) is 3. The molecule has 0 aliphatic heterocycles. The van der Waals surface area contributed by atoms with Gasteiger partial charge >= 0.3 is 5.63 Å². The summed E-state index contributed by atoms with van der Waals surface area (Å²) in [5.74, 6) is 0.518. The predicted molar refractivity (Wildman–Crippen MR) is 62.7 cm³/mol. The third-order valence-electron chi connectivity index (χ3n) is 2.42. The van der Waals surface area contributed by atoms with Crippen molar-refractivity contribution in [2.45, 2.75) is 20.3 Å². The molecule has 0 saturated heterocycles. The Morgan fingerprint density at radius 1 is 1.31 bits per heavy atom. The van der Waals surface area contributed by atoms with Crippen LogP contribution in [0.15, 0.2) is 33.5 Å². The van der Waals surface area contributed by atoms with E-state index in [1.54, 1.807) is 12.1 Å². The lowest BCUT2D eigenvalue weighted by Gasteiger charge is -2.04. The Hall–Kier alpha value is -1.77. The Morgan fingerprint density at radius 2 is 2.06 bits per heavy atom. The van der Waals surface area contributed by atoms with Crippen LogP contribution in [0.25, 0.3) is 11.0 Å². The van der Waals surface area contributed by atoms with Gasteiger partial charge in [-0.3, -0.25) is 0 Å². The molecule has 0 fully saturated rings. The highest BCUT2D eigenvalue weighted by atomic mass is 16.4. The summed E-state index contributed by atoms with van der Waals surface area (Å²) in [6, 6.07) is 6.62. The third-order valence-corrected chi connectivity index (χ3v) is 2.42. The summed E-state index contributed by atoms with van der Waals surface area (Å²) < 4.78 is 5.16. The molecule has 0 unspecified atom stereocenters. The molecule has 0 bridgehead atoms. The van der Waals surface area contributed by atoms with E-state index < -0.39 is 0 Å². The van der Waals surface area contributed by atoms with Gasteiger partial charge in [0.25, 0.3) is 0 Å². The molecule has 0 saturated carbocycles. The molecule has 3 heteroatoms. The second kappa shape index (κ2) is 4.00. The first kappa shape index (κ1) is 10.7. The van der Waals surface area contributed by atoms with E-state index in [1.165, 1.54) is 6.07 Å². The van der Waals surface area contributed by atoms with E-state index >= 15 is 0 Å². The summed E-state index contributed by atoms with van der Waals surface area (Å²) in [6.45, 7) is 4.11. The van der Waals surface area contributed by atoms with E-state index in [2.05, 4.69) is 13.8 Å². The molecule has 1 aromatic heterocycles. The average molecular weight is 218 g/mol. The minimum absolute atomic E-state index is 0.104. The molecule has 0 atom stereocenters. The highest BCUT2D eigenvalue weighted by Gasteiger charge is 2.07. The maximum atomic E-state index is 11.6. The number of fused-ring (bicyclic) bond motifs is 1. The minimum atomic E-state index is -0.313. The molecule has 84 valence electrons. The van der Waals surface area contributed by atoms with E-state index in [-0.39, 0.29) is 11.4 Å². The largest absolute Gasteiger partial charge is 0.508 e. The van der Waals surface area contributed by atoms with Crippen LogP contribution >= 0.6 is 0 Å². The second-order valence-corrected chi connectivity index (χ2v) is 4.38. The molecule has 0 aliphatic carbocycles. The number of rotatable bonds is 2. The van der Waals surface area contributed by atoms with Crippen LogP contribution in [-0.2, 0) is 6.42 Å². The van der Waals surface area contributed by atoms with E-state index in [1.807, 2.05) is 6.07 Å². The van der Waals surface area contributed by atoms with E-state index in [0.29, 0.717) is 23.5 Å². The van der Waals surface area contributed by atoms with Crippen molar-refractivity contribution in [3.8, 4) is 5.75 Å². The van der Waals surface area contributed by atoms with Crippen molar-refractivity contribution >= 4 is 11.0 Å². The molecule has 1 N–H and O–H groups in total. The van der Waals surface area contributed by atoms with Gasteiger partial charge in [-0.2, -0.15) is 0 Å². The summed E-state index contributed by atoms with van der Waals surface area (Å²) in [4.78, 5) is 11.6. The molecule has 0 aliphatic rings. The van der Waals surface area contributed by atoms with Crippen LogP contribution in [0.1, 0.15) is 19.4 Å². The fourth-order valence-electron chi connectivity index (χ4n) is 1.72. The molecule has 0 amide bonds. The van der Waals surface area contributed by atoms with Gasteiger partial charge in [-0.15, -0.1) is 0 Å². The minimum Gasteiger partial charge on any atom is -0.508 e. The molecule has 1 aromatic carbocycles. The van der Waals surface area contributed by atoms with Crippen molar-refractivity contribution in [2.75, 3.05) is 0 Å². The molecule has 2 rings (SSSR count). The van der Waals surface area contributed by atoms with Crippen LogP contribution in [0.4, 0.5) is 0 Å². The molecule has 3 nitrogen and oxygen atoms in total. The fraction of sp³-hybridized carbons (Fsp3) is 0.308. The molecule has 0 radical (unpaired) electrons. The molecule has 1 heterocycles. The SMILES string of the molecule is CC(C)Cc1cc2ccc(O)cc2oc1=O. The van der Waals surface area contributed by atoms with Gasteiger partial charge in [0, 0.05) is 17.0 Å². The lowest BCUT2D eigenvalue weighted by Crippen LogP contribution is -2.09. The van der Waals surface area contributed by atoms with Crippen molar-refractivity contribution in [2.24, 2.45) is 5.92 Å². The zero-order chi connectivity index (χ0) is 11.7. The Balaban J connectivity index is 2.58. The van der Waals surface area contributed by atoms with Crippen LogP contribution in [0.3, 0.4) is 0 Å². The van der Waals surface area contributed by atoms with Crippen molar-refractivity contribution in [3.63, 3.8) is 0 Å². The first-order valence-corrected chi connectivity index (χ1v) is 5.32.